The summed E-state index contributed by atoms with van der Waals surface area (Å²) in [4.78, 5) is 129. The zero-order chi connectivity index (χ0) is 69.1. The molecule has 4 unspecified atom stereocenters. The van der Waals surface area contributed by atoms with Crippen molar-refractivity contribution in [2.24, 2.45) is 16.7 Å². The standard InChI is InChI=1S/C71H64F2N2O21/c1-34-51(93-67(88)58(81)57(37-16-10-7-11-17-37)75-64(84)38-18-12-8-13-19-38)32-71(89)62(95-66(87)39-20-14-9-15-21-39)60-69(6,61(82)59(91-35(2)76)56(34)68(71,4)5)52(31-53-70(60,33-90-53)96-36(3)77)94-54(80)24-25-74-63(83)40-22-23-41(42(26-40)65(85)86)55-43-27-45(72)47(78)29-49(43)92-50-30-48(79)46(73)28-44(50)55/h7-23,26-30,51-53,57-60,62,78,81,89H,24-25,31-33H2,1-6H3,(H,74,83)(H,75,84)(H,85,86)/p+1/t51?,52-,53?,57-,58+,59+,60?,62?,69+,70-,71+/m0/s1. The predicted molar refractivity (Wildman–Crippen MR) is 332 cm³/mol. The van der Waals surface area contributed by atoms with Crippen molar-refractivity contribution < 1.29 is 111 Å². The Morgan fingerprint density at radius 3 is 2.04 bits per heavy atom. The number of hydrogen-bond acceptors (Lipinski definition) is 19. The summed E-state index contributed by atoms with van der Waals surface area (Å²) in [6.45, 7) is 6.85. The maximum absolute atomic E-state index is 16.5. The number of hydrogen-bond donors (Lipinski definition) is 7. The van der Waals surface area contributed by atoms with E-state index >= 15 is 4.79 Å². The molecule has 7 N–H and O–H groups in total. The number of amides is 1. The van der Waals surface area contributed by atoms with Crippen LogP contribution in [0.3, 0.4) is 0 Å². The van der Waals surface area contributed by atoms with E-state index in [2.05, 4.69) is 10.3 Å². The number of esters is 5. The molecule has 2 bridgehead atoms. The van der Waals surface area contributed by atoms with Crippen molar-refractivity contribution in [2.45, 2.75) is 115 Å². The van der Waals surface area contributed by atoms with Crippen LogP contribution in [0.4, 0.5) is 8.78 Å². The zero-order valence-corrected chi connectivity index (χ0v) is 52.4. The van der Waals surface area contributed by atoms with Crippen LogP contribution in [0, 0.1) is 28.4 Å². The number of carbonyl (C=O) groups is 8. The molecule has 5 aromatic rings. The lowest BCUT2D eigenvalue weighted by molar-refractivity contribution is -0.464. The van der Waals surface area contributed by atoms with Gasteiger partial charge in [-0.25, -0.2) is 28.2 Å². The van der Waals surface area contributed by atoms with Gasteiger partial charge in [-0.2, -0.15) is 0 Å². The van der Waals surface area contributed by atoms with Gasteiger partial charge in [-0.3, -0.25) is 28.8 Å². The number of ether oxygens (including phenoxy) is 6. The van der Waals surface area contributed by atoms with E-state index in [1.807, 2.05) is 0 Å². The van der Waals surface area contributed by atoms with E-state index < -0.39 is 185 Å². The summed E-state index contributed by atoms with van der Waals surface area (Å²) < 4.78 is 73.1. The monoisotopic (exact) mass is 1320 g/mol. The molecular formula is C71H65F2N2O21+. The average molecular weight is 1320 g/mol. The SMILES string of the molecule is CC(=O)O[C@H]1C(=O)[C@@]2(C)C(C(OC(=O)c3ccccc3)[C@]3(O)CC(OC(=O)[C@H](O)[C@@H](NC(=O)c4ccccc4)c4ccccc4)C(C)=C1C3(C)C)[C@]1(OC(C)=O)COC1C[C@@H]2OC(=O)CC[NH+]=C(O)c1ccc(-c2c3cc(F)c(=O)cc-3oc3cc(O)c(F)cc23)c(C(=O)O)c1. The van der Waals surface area contributed by atoms with Gasteiger partial charge in [0.25, 0.3) is 5.91 Å². The maximum atomic E-state index is 16.5. The average Bonchev–Trinajstić information content (AvgIpc) is 0.668. The highest BCUT2D eigenvalue weighted by molar-refractivity contribution is 6.09. The van der Waals surface area contributed by atoms with E-state index in [-0.39, 0.29) is 66.8 Å². The lowest BCUT2D eigenvalue weighted by atomic mass is 9.44. The molecule has 5 aromatic carbocycles. The quantitative estimate of drug-likeness (QED) is 0.0131. The van der Waals surface area contributed by atoms with Crippen LogP contribution in [-0.2, 0) is 52.4 Å². The molecule has 11 atom stereocenters. The fourth-order valence-electron chi connectivity index (χ4n) is 14.2. The smallest absolute Gasteiger partial charge is 0.365 e. The number of nitrogens with one attached hydrogen (secondary N) is 2. The van der Waals surface area contributed by atoms with E-state index in [1.165, 1.54) is 76.2 Å². The molecule has 23 nitrogen and oxygen atoms in total. The number of phenols is 1. The van der Waals surface area contributed by atoms with Crippen LogP contribution < -0.4 is 15.7 Å². The number of benzene rings is 6. The highest BCUT2D eigenvalue weighted by atomic mass is 19.1. The number of Topliss-reactive ketones (excluding diaryl/α,β-unsaturated/α-hetero) is 1. The number of aliphatic hydroxyl groups is 3. The van der Waals surface area contributed by atoms with Gasteiger partial charge in [-0.05, 0) is 84.7 Å². The van der Waals surface area contributed by atoms with Crippen molar-refractivity contribution in [1.82, 2.24) is 5.32 Å². The Morgan fingerprint density at radius 2 is 1.42 bits per heavy atom. The Labute approximate surface area is 545 Å². The second kappa shape index (κ2) is 25.7. The number of aromatic carboxylic acids is 1. The van der Waals surface area contributed by atoms with E-state index in [4.69, 9.17) is 32.8 Å². The van der Waals surface area contributed by atoms with E-state index in [1.54, 1.807) is 54.6 Å². The fourth-order valence-corrected chi connectivity index (χ4v) is 14.2. The Kier molecular flexibility index (Phi) is 17.9. The second-order valence-corrected chi connectivity index (χ2v) is 25.0. The molecule has 2 aliphatic heterocycles. The van der Waals surface area contributed by atoms with Crippen LogP contribution in [0.15, 0.2) is 154 Å². The molecular weight excluding hydrogens is 1250 g/mol. The Bertz CT molecular complexity index is 4420. The van der Waals surface area contributed by atoms with Gasteiger partial charge in [0.1, 0.15) is 47.8 Å². The first-order valence-corrected chi connectivity index (χ1v) is 30.5. The number of aromatic hydroxyl groups is 1. The summed E-state index contributed by atoms with van der Waals surface area (Å²) in [5.74, 6) is -14.7. The minimum Gasteiger partial charge on any atom is -0.505 e. The molecule has 96 heavy (non-hydrogen) atoms. The molecule has 4 aliphatic carbocycles. The normalized spacial score (nSPS) is 24.9. The van der Waals surface area contributed by atoms with Gasteiger partial charge in [0.15, 0.2) is 47.5 Å². The Balaban J connectivity index is 0.966. The van der Waals surface area contributed by atoms with E-state index in [9.17, 15) is 72.7 Å². The predicted octanol–water partition coefficient (Wildman–Crippen LogP) is 6.32. The maximum Gasteiger partial charge on any atom is 0.365 e. The third kappa shape index (κ3) is 11.8. The minimum atomic E-state index is -2.62. The first-order valence-electron chi connectivity index (χ1n) is 30.5. The van der Waals surface area contributed by atoms with Crippen molar-refractivity contribution in [3.63, 3.8) is 0 Å². The van der Waals surface area contributed by atoms with Gasteiger partial charge in [0.2, 0.25) is 5.43 Å². The molecule has 1 amide bonds. The molecule has 0 radical (unpaired) electrons. The number of carboxylic acid groups (broad SMARTS) is 1. The van der Waals surface area contributed by atoms with Gasteiger partial charge in [-0.15, -0.1) is 0 Å². The van der Waals surface area contributed by atoms with Gasteiger partial charge in [0, 0.05) is 66.3 Å². The van der Waals surface area contributed by atoms with Crippen LogP contribution in [0.2, 0.25) is 0 Å². The number of carboxylic acids is 1. The second-order valence-electron chi connectivity index (χ2n) is 25.0. The number of carbonyl (C=O) groups excluding carboxylic acids is 7. The number of halogens is 2. The number of fused-ring (bicyclic) bond motifs is 7. The molecule has 1 saturated heterocycles. The minimum absolute atomic E-state index is 0.0320. The lowest BCUT2D eigenvalue weighted by Gasteiger charge is -2.67. The molecule has 2 saturated carbocycles. The molecule has 11 rings (SSSR count). The third-order valence-electron chi connectivity index (χ3n) is 19.0. The van der Waals surface area contributed by atoms with Crippen LogP contribution in [0.25, 0.3) is 33.4 Å². The van der Waals surface area contributed by atoms with Crippen molar-refractivity contribution in [3.8, 4) is 28.2 Å². The number of phenolic OH excluding ortho intramolecular Hbond substituents is 1. The van der Waals surface area contributed by atoms with E-state index in [0.29, 0.717) is 0 Å². The van der Waals surface area contributed by atoms with Crippen molar-refractivity contribution in [1.29, 1.82) is 0 Å². The van der Waals surface area contributed by atoms with Gasteiger partial charge < -0.3 is 63.7 Å². The fraction of sp³-hybridized carbons (Fsp3) is 0.324. The molecule has 498 valence electrons. The molecule has 6 aliphatic rings. The van der Waals surface area contributed by atoms with Crippen LogP contribution in [0.5, 0.6) is 5.75 Å². The van der Waals surface area contributed by atoms with E-state index in [0.717, 1.165) is 44.2 Å². The first kappa shape index (κ1) is 66.9. The topological polar surface area (TPSA) is 349 Å². The van der Waals surface area contributed by atoms with Crippen LogP contribution in [0.1, 0.15) is 109 Å². The third-order valence-corrected chi connectivity index (χ3v) is 19.0. The summed E-state index contributed by atoms with van der Waals surface area (Å²) >= 11 is 0. The highest BCUT2D eigenvalue weighted by Gasteiger charge is 2.79. The Hall–Kier alpha value is -10.5. The molecule has 3 fully saturated rings. The summed E-state index contributed by atoms with van der Waals surface area (Å²) in [6.07, 6.45) is -12.7. The summed E-state index contributed by atoms with van der Waals surface area (Å²) in [6, 6.07) is 28.8. The summed E-state index contributed by atoms with van der Waals surface area (Å²) in [7, 11) is 0. The largest absolute Gasteiger partial charge is 0.505 e. The Morgan fingerprint density at radius 1 is 0.760 bits per heavy atom. The molecule has 25 heteroatoms. The lowest BCUT2D eigenvalue weighted by Crippen LogP contribution is -2.82. The molecule has 0 spiro atoms. The molecule has 2 heterocycles. The van der Waals surface area contributed by atoms with Crippen molar-refractivity contribution >= 4 is 64.4 Å². The number of aliphatic hydroxyl groups excluding tert-OH is 2. The van der Waals surface area contributed by atoms with Gasteiger partial charge in [0.05, 0.1) is 40.7 Å². The van der Waals surface area contributed by atoms with Crippen LogP contribution in [-0.4, -0.2) is 140 Å². The highest BCUT2D eigenvalue weighted by Crippen LogP contribution is 2.65. The van der Waals surface area contributed by atoms with Crippen LogP contribution >= 0.6 is 0 Å². The van der Waals surface area contributed by atoms with Crippen molar-refractivity contribution in [3.05, 3.63) is 194 Å². The first-order chi connectivity index (χ1) is 45.5. The van der Waals surface area contributed by atoms with Crippen molar-refractivity contribution in [2.75, 3.05) is 13.2 Å². The summed E-state index contributed by atoms with van der Waals surface area (Å²) in [5, 5.41) is 61.1. The summed E-state index contributed by atoms with van der Waals surface area (Å²) in [5.41, 5.74) is -11.0. The molecule has 0 aromatic heterocycles. The zero-order valence-electron chi connectivity index (χ0n) is 52.4. The van der Waals surface area contributed by atoms with Gasteiger partial charge in [-0.1, -0.05) is 86.6 Å². The number of ketones is 1. The number of rotatable bonds is 17. The van der Waals surface area contributed by atoms with Gasteiger partial charge >= 0.3 is 41.7 Å².